The van der Waals surface area contributed by atoms with Gasteiger partial charge in [0.15, 0.2) is 0 Å². The summed E-state index contributed by atoms with van der Waals surface area (Å²) in [6.45, 7) is 17.1. The standard InChI is InChI=1S/C25H40N4OS/c1-9-20(10-2)22-15-16(3)28-29(19(22)6)23(17(4)26-8)24-18(5)27-25(7,31-24)21-11-13-30-14-12-21/h11,15,19-20,26-27H,9-10,12-14H2,1-8H3/b23-17-. The topological polar surface area (TPSA) is 48.9 Å². The van der Waals surface area contributed by atoms with Crippen molar-refractivity contribution >= 4 is 17.5 Å². The van der Waals surface area contributed by atoms with Gasteiger partial charge in [0.05, 0.1) is 35.6 Å². The molecule has 0 aromatic carbocycles. The minimum Gasteiger partial charge on any atom is -0.390 e. The van der Waals surface area contributed by atoms with Gasteiger partial charge in [-0.2, -0.15) is 5.10 Å². The molecule has 0 saturated heterocycles. The molecule has 3 heterocycles. The van der Waals surface area contributed by atoms with Gasteiger partial charge in [-0.3, -0.25) is 5.01 Å². The maximum absolute atomic E-state index is 5.56. The fraction of sp³-hybridized carbons (Fsp3) is 0.640. The van der Waals surface area contributed by atoms with Gasteiger partial charge in [-0.15, -0.1) is 0 Å². The van der Waals surface area contributed by atoms with Crippen molar-refractivity contribution in [3.63, 3.8) is 0 Å². The molecule has 172 valence electrons. The molecule has 0 fully saturated rings. The van der Waals surface area contributed by atoms with Gasteiger partial charge >= 0.3 is 0 Å². The molecule has 6 heteroatoms. The molecule has 3 aliphatic heterocycles. The third kappa shape index (κ3) is 4.75. The highest BCUT2D eigenvalue weighted by Gasteiger charge is 2.41. The lowest BCUT2D eigenvalue weighted by molar-refractivity contribution is 0.151. The van der Waals surface area contributed by atoms with E-state index in [9.17, 15) is 0 Å². The molecule has 0 bridgehead atoms. The van der Waals surface area contributed by atoms with Crippen molar-refractivity contribution < 1.29 is 4.74 Å². The Morgan fingerprint density at radius 2 is 2.10 bits per heavy atom. The summed E-state index contributed by atoms with van der Waals surface area (Å²) in [7, 11) is 2.00. The highest BCUT2D eigenvalue weighted by molar-refractivity contribution is 8.05. The van der Waals surface area contributed by atoms with Crippen LogP contribution in [0.5, 0.6) is 0 Å². The first kappa shape index (κ1) is 24.0. The minimum atomic E-state index is -0.145. The second-order valence-electron chi connectivity index (χ2n) is 8.91. The number of rotatable bonds is 7. The van der Waals surface area contributed by atoms with E-state index in [-0.39, 0.29) is 10.9 Å². The molecular formula is C25H40N4OS. The summed E-state index contributed by atoms with van der Waals surface area (Å²) in [6, 6.07) is 0.224. The van der Waals surface area contributed by atoms with Crippen LogP contribution in [0.1, 0.15) is 67.7 Å². The van der Waals surface area contributed by atoms with Crippen LogP contribution >= 0.6 is 11.8 Å². The van der Waals surface area contributed by atoms with Gasteiger partial charge in [-0.25, -0.2) is 0 Å². The van der Waals surface area contributed by atoms with Crippen LogP contribution in [-0.4, -0.2) is 41.9 Å². The lowest BCUT2D eigenvalue weighted by Crippen LogP contribution is -2.38. The van der Waals surface area contributed by atoms with Crippen molar-refractivity contribution in [2.45, 2.75) is 78.6 Å². The highest BCUT2D eigenvalue weighted by Crippen LogP contribution is 2.49. The molecule has 2 N–H and O–H groups in total. The molecule has 0 aromatic rings. The molecule has 0 amide bonds. The zero-order valence-corrected chi connectivity index (χ0v) is 21.4. The average molecular weight is 445 g/mol. The summed E-state index contributed by atoms with van der Waals surface area (Å²) in [5.74, 6) is 0.584. The first-order valence-corrected chi connectivity index (χ1v) is 12.5. The van der Waals surface area contributed by atoms with Gasteiger partial charge in [-0.1, -0.05) is 31.7 Å². The van der Waals surface area contributed by atoms with Crippen molar-refractivity contribution in [1.82, 2.24) is 15.6 Å². The van der Waals surface area contributed by atoms with E-state index in [1.54, 1.807) is 0 Å². The Balaban J connectivity index is 2.00. The molecule has 2 unspecified atom stereocenters. The quantitative estimate of drug-likeness (QED) is 0.507. The van der Waals surface area contributed by atoms with Crippen molar-refractivity contribution in [3.8, 4) is 0 Å². The van der Waals surface area contributed by atoms with E-state index >= 15 is 0 Å². The number of nitrogens with zero attached hydrogens (tertiary/aromatic N) is 2. The summed E-state index contributed by atoms with van der Waals surface area (Å²) < 4.78 is 5.56. The maximum atomic E-state index is 5.56. The zero-order valence-electron chi connectivity index (χ0n) is 20.6. The molecule has 0 aromatic heterocycles. The third-order valence-electron chi connectivity index (χ3n) is 6.77. The molecule has 3 rings (SSSR count). The van der Waals surface area contributed by atoms with Crippen LogP contribution in [0.15, 0.2) is 50.4 Å². The van der Waals surface area contributed by atoms with Gasteiger partial charge < -0.3 is 15.4 Å². The van der Waals surface area contributed by atoms with Crippen molar-refractivity contribution in [2.75, 3.05) is 20.3 Å². The lowest BCUT2D eigenvalue weighted by Gasteiger charge is -2.38. The Labute approximate surface area is 193 Å². The van der Waals surface area contributed by atoms with E-state index in [0.717, 1.165) is 37.3 Å². The van der Waals surface area contributed by atoms with Crippen molar-refractivity contribution in [3.05, 3.63) is 45.3 Å². The number of nitrogens with one attached hydrogen (secondary N) is 2. The average Bonchev–Trinajstić information content (AvgIpc) is 3.07. The first-order valence-electron chi connectivity index (χ1n) is 11.7. The molecule has 5 nitrogen and oxygen atoms in total. The van der Waals surface area contributed by atoms with Crippen LogP contribution in [-0.2, 0) is 4.74 Å². The van der Waals surface area contributed by atoms with Crippen molar-refractivity contribution in [2.24, 2.45) is 11.0 Å². The summed E-state index contributed by atoms with van der Waals surface area (Å²) in [6.07, 6.45) is 7.84. The Hall–Kier alpha value is -1.66. The predicted molar refractivity (Wildman–Crippen MR) is 134 cm³/mol. The van der Waals surface area contributed by atoms with Gasteiger partial charge in [0.1, 0.15) is 4.87 Å². The molecule has 31 heavy (non-hydrogen) atoms. The molecule has 0 saturated carbocycles. The SMILES string of the molecule is CCC(CC)C1=CC(C)=NN(/C(C2=C(C)NC(C)(C3=CCOCC3)S2)=C(/C)NC)C1C. The number of hydrazone groups is 1. The Morgan fingerprint density at radius 3 is 2.68 bits per heavy atom. The van der Waals surface area contributed by atoms with E-state index < -0.39 is 0 Å². The van der Waals surface area contributed by atoms with Crippen LogP contribution in [0.25, 0.3) is 0 Å². The summed E-state index contributed by atoms with van der Waals surface area (Å²) in [5, 5.41) is 14.5. The number of hydrogen-bond donors (Lipinski definition) is 2. The Bertz CT molecular complexity index is 850. The normalized spacial score (nSPS) is 27.6. The molecule has 0 radical (unpaired) electrons. The van der Waals surface area contributed by atoms with Gasteiger partial charge in [0.25, 0.3) is 0 Å². The minimum absolute atomic E-state index is 0.145. The fourth-order valence-corrected chi connectivity index (χ4v) is 6.34. The van der Waals surface area contributed by atoms with E-state index in [0.29, 0.717) is 12.5 Å². The van der Waals surface area contributed by atoms with Gasteiger partial charge in [-0.05, 0) is 77.0 Å². The summed E-state index contributed by atoms with van der Waals surface area (Å²) in [4.78, 5) is 1.13. The van der Waals surface area contributed by atoms with Crippen molar-refractivity contribution in [1.29, 1.82) is 0 Å². The van der Waals surface area contributed by atoms with Crippen LogP contribution in [0.2, 0.25) is 0 Å². The molecule has 2 atom stereocenters. The largest absolute Gasteiger partial charge is 0.390 e. The number of thioether (sulfide) groups is 1. The number of hydrogen-bond acceptors (Lipinski definition) is 6. The van der Waals surface area contributed by atoms with Gasteiger partial charge in [0, 0.05) is 18.4 Å². The maximum Gasteiger partial charge on any atom is 0.107 e. The van der Waals surface area contributed by atoms with Crippen LogP contribution < -0.4 is 10.6 Å². The number of allylic oxidation sites excluding steroid dienone is 3. The second-order valence-corrected chi connectivity index (χ2v) is 10.3. The molecule has 0 aliphatic carbocycles. The van der Waals surface area contributed by atoms with E-state index in [2.05, 4.69) is 76.3 Å². The van der Waals surface area contributed by atoms with Gasteiger partial charge in [0.2, 0.25) is 0 Å². The summed E-state index contributed by atoms with van der Waals surface area (Å²) in [5.41, 5.74) is 7.51. The second kappa shape index (κ2) is 9.86. The monoisotopic (exact) mass is 444 g/mol. The third-order valence-corrected chi connectivity index (χ3v) is 8.25. The molecule has 0 spiro atoms. The van der Waals surface area contributed by atoms with E-state index in [1.165, 1.54) is 27.4 Å². The number of ether oxygens (including phenoxy) is 1. The summed E-state index contributed by atoms with van der Waals surface area (Å²) >= 11 is 1.91. The van der Waals surface area contributed by atoms with E-state index in [1.807, 2.05) is 18.8 Å². The smallest absolute Gasteiger partial charge is 0.107 e. The molecular weight excluding hydrogens is 404 g/mol. The predicted octanol–water partition coefficient (Wildman–Crippen LogP) is 5.51. The molecule has 3 aliphatic rings. The fourth-order valence-electron chi connectivity index (χ4n) is 4.87. The Kier molecular flexibility index (Phi) is 7.63. The van der Waals surface area contributed by atoms with E-state index in [4.69, 9.17) is 9.84 Å². The highest BCUT2D eigenvalue weighted by atomic mass is 32.2. The van der Waals surface area contributed by atoms with Crippen LogP contribution in [0.4, 0.5) is 0 Å². The lowest BCUT2D eigenvalue weighted by atomic mass is 9.87. The van der Waals surface area contributed by atoms with Crippen LogP contribution in [0, 0.1) is 5.92 Å². The van der Waals surface area contributed by atoms with Crippen LogP contribution in [0.3, 0.4) is 0 Å². The Morgan fingerprint density at radius 1 is 1.39 bits per heavy atom. The zero-order chi connectivity index (χ0) is 22.8. The first-order chi connectivity index (χ1) is 14.8.